The van der Waals surface area contributed by atoms with Crippen LogP contribution in [0, 0.1) is 11.3 Å². The number of nitrogens with one attached hydrogen (secondary N) is 1. The predicted octanol–water partition coefficient (Wildman–Crippen LogP) is 0.539. The third-order valence-electron chi connectivity index (χ3n) is 3.67. The van der Waals surface area contributed by atoms with Gasteiger partial charge in [0.1, 0.15) is 11.5 Å². The zero-order valence-corrected chi connectivity index (χ0v) is 11.6. The Morgan fingerprint density at radius 1 is 1.42 bits per heavy atom. The minimum Gasteiger partial charge on any atom is -0.382 e. The lowest BCUT2D eigenvalue weighted by Crippen LogP contribution is -2.36. The topological polar surface area (TPSA) is 82.1 Å². The van der Waals surface area contributed by atoms with Gasteiger partial charge in [0.25, 0.3) is 0 Å². The summed E-state index contributed by atoms with van der Waals surface area (Å²) in [4.78, 5) is 12.9. The van der Waals surface area contributed by atoms with Crippen molar-refractivity contribution in [3.8, 4) is 0 Å². The van der Waals surface area contributed by atoms with E-state index in [0.717, 1.165) is 19.6 Å². The summed E-state index contributed by atoms with van der Waals surface area (Å²) >= 11 is 0. The maximum atomic E-state index is 7.56. The molecule has 104 valence electrons. The molecule has 0 amide bonds. The van der Waals surface area contributed by atoms with Crippen molar-refractivity contribution in [2.75, 3.05) is 38.6 Å². The van der Waals surface area contributed by atoms with Crippen molar-refractivity contribution in [3.05, 3.63) is 18.1 Å². The first-order valence-corrected chi connectivity index (χ1v) is 6.63. The average Bonchev–Trinajstić information content (AvgIpc) is 2.41. The third-order valence-corrected chi connectivity index (χ3v) is 3.67. The van der Waals surface area contributed by atoms with Gasteiger partial charge in [0.05, 0.1) is 0 Å². The lowest BCUT2D eigenvalue weighted by molar-refractivity contribution is 0.222. The molecule has 3 N–H and O–H groups in total. The number of anilines is 1. The van der Waals surface area contributed by atoms with Crippen molar-refractivity contribution < 1.29 is 0 Å². The van der Waals surface area contributed by atoms with Crippen molar-refractivity contribution in [2.45, 2.75) is 12.8 Å². The van der Waals surface area contributed by atoms with Crippen LogP contribution in [-0.4, -0.2) is 54.4 Å². The number of likely N-dealkylation sites (tertiary alicyclic amines) is 1. The van der Waals surface area contributed by atoms with Crippen LogP contribution >= 0.6 is 0 Å². The highest BCUT2D eigenvalue weighted by Crippen LogP contribution is 2.20. The van der Waals surface area contributed by atoms with Gasteiger partial charge in [-0.25, -0.2) is 9.97 Å². The van der Waals surface area contributed by atoms with E-state index in [1.165, 1.54) is 12.8 Å². The summed E-state index contributed by atoms with van der Waals surface area (Å²) in [5, 5.41) is 7.56. The van der Waals surface area contributed by atoms with E-state index in [2.05, 4.69) is 26.8 Å². The summed E-state index contributed by atoms with van der Waals surface area (Å²) in [7, 11) is 4.16. The lowest BCUT2D eigenvalue weighted by atomic mass is 9.96. The van der Waals surface area contributed by atoms with Gasteiger partial charge in [0, 0.05) is 26.0 Å². The second-order valence-corrected chi connectivity index (χ2v) is 5.27. The van der Waals surface area contributed by atoms with Gasteiger partial charge >= 0.3 is 0 Å². The Bertz CT molecular complexity index is 439. The number of hydrogen-bond acceptors (Lipinski definition) is 5. The molecular weight excluding hydrogens is 240 g/mol. The molecule has 6 nitrogen and oxygen atoms in total. The van der Waals surface area contributed by atoms with Crippen LogP contribution < -0.4 is 10.6 Å². The number of amidine groups is 1. The van der Waals surface area contributed by atoms with Crippen LogP contribution in [0.25, 0.3) is 0 Å². The lowest BCUT2D eigenvalue weighted by Gasteiger charge is -2.32. The highest BCUT2D eigenvalue weighted by Gasteiger charge is 2.20. The van der Waals surface area contributed by atoms with Crippen LogP contribution in [0.4, 0.5) is 5.82 Å². The van der Waals surface area contributed by atoms with Gasteiger partial charge in [-0.1, -0.05) is 0 Å². The van der Waals surface area contributed by atoms with Gasteiger partial charge in [-0.3, -0.25) is 5.41 Å². The Labute approximate surface area is 114 Å². The third kappa shape index (κ3) is 3.41. The van der Waals surface area contributed by atoms with E-state index < -0.39 is 0 Å². The summed E-state index contributed by atoms with van der Waals surface area (Å²) in [5.74, 6) is 1.34. The molecule has 0 unspecified atom stereocenters. The van der Waals surface area contributed by atoms with Crippen LogP contribution in [0.3, 0.4) is 0 Å². The Kier molecular flexibility index (Phi) is 4.31. The Morgan fingerprint density at radius 2 is 2.05 bits per heavy atom. The molecule has 0 spiro atoms. The molecular formula is C13H22N6. The largest absolute Gasteiger partial charge is 0.382 e. The van der Waals surface area contributed by atoms with Gasteiger partial charge < -0.3 is 15.5 Å². The molecule has 19 heavy (non-hydrogen) atoms. The highest BCUT2D eigenvalue weighted by molar-refractivity contribution is 5.97. The van der Waals surface area contributed by atoms with Crippen LogP contribution in [0.15, 0.2) is 12.4 Å². The van der Waals surface area contributed by atoms with Crippen molar-refractivity contribution >= 4 is 11.7 Å². The fourth-order valence-corrected chi connectivity index (χ4v) is 2.52. The molecule has 1 aliphatic heterocycles. The maximum absolute atomic E-state index is 7.56. The number of rotatable bonds is 4. The molecule has 0 aliphatic carbocycles. The maximum Gasteiger partial charge on any atom is 0.158 e. The first kappa shape index (κ1) is 13.7. The van der Waals surface area contributed by atoms with Crippen molar-refractivity contribution in [1.82, 2.24) is 14.9 Å². The monoisotopic (exact) mass is 262 g/mol. The fraction of sp³-hybridized carbons (Fsp3) is 0.615. The number of hydrogen-bond donors (Lipinski definition) is 2. The van der Waals surface area contributed by atoms with E-state index in [0.29, 0.717) is 17.4 Å². The molecule has 1 aromatic heterocycles. The standard InChI is InChI=1S/C13H22N6/c1-18-7-3-10(4-8-18)9-19(2)13-11(12(14)15)16-5-6-17-13/h5-6,10H,3-4,7-9H2,1-2H3,(H3,14,15). The number of nitrogens with zero attached hydrogens (tertiary/aromatic N) is 4. The molecule has 2 rings (SSSR count). The fourth-order valence-electron chi connectivity index (χ4n) is 2.52. The summed E-state index contributed by atoms with van der Waals surface area (Å²) in [5.41, 5.74) is 6.02. The van der Waals surface area contributed by atoms with Gasteiger partial charge in [0.2, 0.25) is 0 Å². The summed E-state index contributed by atoms with van der Waals surface area (Å²) in [6.45, 7) is 3.24. The molecule has 1 aromatic rings. The second-order valence-electron chi connectivity index (χ2n) is 5.27. The zero-order chi connectivity index (χ0) is 13.8. The quantitative estimate of drug-likeness (QED) is 0.611. The van der Waals surface area contributed by atoms with Crippen molar-refractivity contribution in [1.29, 1.82) is 5.41 Å². The van der Waals surface area contributed by atoms with E-state index >= 15 is 0 Å². The predicted molar refractivity (Wildman–Crippen MR) is 76.5 cm³/mol. The van der Waals surface area contributed by atoms with E-state index in [4.69, 9.17) is 11.1 Å². The van der Waals surface area contributed by atoms with Gasteiger partial charge in [0.15, 0.2) is 5.82 Å². The van der Waals surface area contributed by atoms with E-state index in [1.807, 2.05) is 7.05 Å². The van der Waals surface area contributed by atoms with Crippen molar-refractivity contribution in [2.24, 2.45) is 11.7 Å². The van der Waals surface area contributed by atoms with Crippen LogP contribution in [0.1, 0.15) is 18.5 Å². The molecule has 0 aromatic carbocycles. The average molecular weight is 262 g/mol. The van der Waals surface area contributed by atoms with Crippen LogP contribution in [-0.2, 0) is 0 Å². The first-order valence-electron chi connectivity index (χ1n) is 6.63. The van der Waals surface area contributed by atoms with Crippen LogP contribution in [0.5, 0.6) is 0 Å². The SMILES string of the molecule is CN1CCC(CN(C)c2nccnc2C(=N)N)CC1. The summed E-state index contributed by atoms with van der Waals surface area (Å²) in [6, 6.07) is 0. The van der Waals surface area contributed by atoms with E-state index in [9.17, 15) is 0 Å². The Balaban J connectivity index is 2.03. The van der Waals surface area contributed by atoms with Gasteiger partial charge in [-0.2, -0.15) is 0 Å². The van der Waals surface area contributed by atoms with Gasteiger partial charge in [-0.15, -0.1) is 0 Å². The molecule has 2 heterocycles. The summed E-state index contributed by atoms with van der Waals surface area (Å²) < 4.78 is 0. The number of nitrogens with two attached hydrogens (primary N) is 1. The molecule has 6 heteroatoms. The smallest absolute Gasteiger partial charge is 0.158 e. The first-order chi connectivity index (χ1) is 9.08. The van der Waals surface area contributed by atoms with Crippen LogP contribution in [0.2, 0.25) is 0 Å². The molecule has 0 saturated carbocycles. The number of nitrogen functional groups attached to an aromatic ring is 1. The number of piperidine rings is 1. The van der Waals surface area contributed by atoms with E-state index in [1.54, 1.807) is 12.4 Å². The van der Waals surface area contributed by atoms with Gasteiger partial charge in [-0.05, 0) is 38.9 Å². The highest BCUT2D eigenvalue weighted by atomic mass is 15.2. The molecule has 1 aliphatic rings. The minimum absolute atomic E-state index is 0.0293. The molecule has 1 fully saturated rings. The number of aromatic nitrogens is 2. The van der Waals surface area contributed by atoms with E-state index in [-0.39, 0.29) is 5.84 Å². The molecule has 1 saturated heterocycles. The normalized spacial score (nSPS) is 17.4. The zero-order valence-electron chi connectivity index (χ0n) is 11.6. The Hall–Kier alpha value is -1.69. The minimum atomic E-state index is -0.0293. The molecule has 0 atom stereocenters. The summed E-state index contributed by atoms with van der Waals surface area (Å²) in [6.07, 6.45) is 5.63. The molecule has 0 bridgehead atoms. The van der Waals surface area contributed by atoms with Crippen molar-refractivity contribution in [3.63, 3.8) is 0 Å². The second kappa shape index (κ2) is 5.97. The molecule has 0 radical (unpaired) electrons. The Morgan fingerprint density at radius 3 is 2.68 bits per heavy atom.